The number of benzene rings is 1. The van der Waals surface area contributed by atoms with Crippen LogP contribution in [0.1, 0.15) is 25.2 Å². The molecule has 1 aromatic carbocycles. The summed E-state index contributed by atoms with van der Waals surface area (Å²) in [6, 6.07) is 7.67. The average molecular weight is 508 g/mol. The first-order valence-corrected chi connectivity index (χ1v) is 12.1. The predicted molar refractivity (Wildman–Crippen MR) is 140 cm³/mol. The van der Waals surface area contributed by atoms with Gasteiger partial charge in [0.05, 0.1) is 37.2 Å². The highest BCUT2D eigenvalue weighted by Gasteiger charge is 2.25. The molecule has 0 saturated carbocycles. The fourth-order valence-electron chi connectivity index (χ4n) is 4.09. The molecule has 4 rings (SSSR count). The molecule has 1 aliphatic rings. The Labute approximate surface area is 215 Å². The second-order valence-electron chi connectivity index (χ2n) is 8.76. The molecule has 0 amide bonds. The van der Waals surface area contributed by atoms with Crippen LogP contribution in [-0.4, -0.2) is 62.8 Å². The highest BCUT2D eigenvalue weighted by atomic mass is 16.5. The molecule has 196 valence electrons. The lowest BCUT2D eigenvalue weighted by atomic mass is 10.1. The molecule has 3 aromatic rings. The number of nitrogens with one attached hydrogen (secondary N) is 3. The van der Waals surface area contributed by atoms with Gasteiger partial charge in [-0.25, -0.2) is 9.78 Å². The van der Waals surface area contributed by atoms with Crippen molar-refractivity contribution in [2.75, 3.05) is 19.0 Å². The van der Waals surface area contributed by atoms with Gasteiger partial charge in [0.2, 0.25) is 0 Å². The number of carbonyl (C=O) groups excluding carboxylic acids is 1. The summed E-state index contributed by atoms with van der Waals surface area (Å²) in [7, 11) is 3.38. The molecule has 1 aliphatic heterocycles. The zero-order valence-corrected chi connectivity index (χ0v) is 21.9. The zero-order chi connectivity index (χ0) is 26.5. The van der Waals surface area contributed by atoms with Crippen LogP contribution in [0.25, 0.3) is 11.4 Å². The molecule has 3 heterocycles. The molecule has 2 aromatic heterocycles. The zero-order valence-electron chi connectivity index (χ0n) is 21.9. The Morgan fingerprint density at radius 3 is 2.73 bits per heavy atom. The summed E-state index contributed by atoms with van der Waals surface area (Å²) in [4.78, 5) is 21.6. The number of anilines is 1. The van der Waals surface area contributed by atoms with E-state index in [1.54, 1.807) is 32.1 Å². The predicted octanol–water partition coefficient (Wildman–Crippen LogP) is 2.13. The molecule has 3 N–H and O–H groups in total. The second-order valence-corrected chi connectivity index (χ2v) is 8.76. The van der Waals surface area contributed by atoms with Crippen LogP contribution in [0.5, 0.6) is 5.75 Å². The molecule has 37 heavy (non-hydrogen) atoms. The topological polar surface area (TPSA) is 133 Å². The van der Waals surface area contributed by atoms with Crippen LogP contribution in [0.4, 0.5) is 5.69 Å². The Balaban J connectivity index is 1.58. The van der Waals surface area contributed by atoms with Crippen molar-refractivity contribution in [3.05, 3.63) is 53.4 Å². The Morgan fingerprint density at radius 1 is 1.27 bits per heavy atom. The van der Waals surface area contributed by atoms with Gasteiger partial charge < -0.3 is 20.1 Å². The first kappa shape index (κ1) is 25.9. The summed E-state index contributed by atoms with van der Waals surface area (Å²) >= 11 is 0. The molecule has 0 fully saturated rings. The summed E-state index contributed by atoms with van der Waals surface area (Å²) < 4.78 is 14.6. The number of aliphatic imine (C=N–C) groups is 1. The molecule has 0 radical (unpaired) electrons. The Morgan fingerprint density at radius 2 is 2.08 bits per heavy atom. The SMILES string of the molecule is CCOC(=O)C1=C(Nc2cccc(-c3ncn(C)n3)c2OC)NC(NC(C)Cn2nc(C)cc2C)N=C1. The van der Waals surface area contributed by atoms with Crippen molar-refractivity contribution in [3.63, 3.8) is 0 Å². The van der Waals surface area contributed by atoms with E-state index < -0.39 is 12.3 Å². The maximum absolute atomic E-state index is 12.7. The van der Waals surface area contributed by atoms with Crippen LogP contribution in [0.15, 0.2) is 47.0 Å². The van der Waals surface area contributed by atoms with Gasteiger partial charge >= 0.3 is 5.97 Å². The number of carbonyl (C=O) groups is 1. The monoisotopic (exact) mass is 507 g/mol. The minimum Gasteiger partial charge on any atom is -0.494 e. The summed E-state index contributed by atoms with van der Waals surface area (Å²) in [5.74, 6) is 1.01. The van der Waals surface area contributed by atoms with E-state index in [1.165, 1.54) is 6.21 Å². The summed E-state index contributed by atoms with van der Waals surface area (Å²) in [5.41, 5.74) is 3.68. The highest BCUT2D eigenvalue weighted by Crippen LogP contribution is 2.35. The summed E-state index contributed by atoms with van der Waals surface area (Å²) in [5, 5.41) is 18.9. The van der Waals surface area contributed by atoms with Crippen LogP contribution in [0, 0.1) is 13.8 Å². The highest BCUT2D eigenvalue weighted by molar-refractivity contribution is 6.11. The third kappa shape index (κ3) is 5.97. The quantitative estimate of drug-likeness (QED) is 0.353. The number of methoxy groups -OCH3 is 1. The number of hydrogen-bond acceptors (Lipinski definition) is 10. The van der Waals surface area contributed by atoms with Gasteiger partial charge in [-0.1, -0.05) is 6.07 Å². The molecular weight excluding hydrogens is 474 g/mol. The third-order valence-electron chi connectivity index (χ3n) is 5.71. The molecule has 0 bridgehead atoms. The maximum Gasteiger partial charge on any atom is 0.343 e. The van der Waals surface area contributed by atoms with E-state index >= 15 is 0 Å². The lowest BCUT2D eigenvalue weighted by Crippen LogP contribution is -2.49. The van der Waals surface area contributed by atoms with Crippen LogP contribution in [-0.2, 0) is 23.1 Å². The van der Waals surface area contributed by atoms with Crippen molar-refractivity contribution in [2.24, 2.45) is 12.0 Å². The van der Waals surface area contributed by atoms with Crippen LogP contribution < -0.4 is 20.7 Å². The van der Waals surface area contributed by atoms with Crippen LogP contribution in [0.2, 0.25) is 0 Å². The van der Waals surface area contributed by atoms with Gasteiger partial charge in [0.15, 0.2) is 17.9 Å². The van der Waals surface area contributed by atoms with E-state index in [4.69, 9.17) is 9.47 Å². The first-order valence-electron chi connectivity index (χ1n) is 12.1. The molecule has 12 nitrogen and oxygen atoms in total. The molecule has 0 aliphatic carbocycles. The molecule has 0 saturated heterocycles. The van der Waals surface area contributed by atoms with E-state index in [0.717, 1.165) is 11.4 Å². The Hall–Kier alpha value is -4.19. The minimum atomic E-state index is -0.489. The standard InChI is InChI=1S/C25H33N9O3/c1-7-37-24(35)19-12-26-25(28-16(3)13-34-17(4)11-15(2)31-34)30-23(19)29-20-10-8-9-18(21(20)36-6)22-27-14-33(5)32-22/h8-12,14,16,25,28-30H,7,13H2,1-6H3. The van der Waals surface area contributed by atoms with Crippen LogP contribution >= 0.6 is 0 Å². The van der Waals surface area contributed by atoms with Crippen molar-refractivity contribution in [1.82, 2.24) is 35.2 Å². The Bertz CT molecular complexity index is 1320. The Kier molecular flexibility index (Phi) is 7.87. The fourth-order valence-corrected chi connectivity index (χ4v) is 4.09. The van der Waals surface area contributed by atoms with Gasteiger partial charge in [-0.15, -0.1) is 0 Å². The van der Waals surface area contributed by atoms with Gasteiger partial charge in [0, 0.05) is 25.0 Å². The van der Waals surface area contributed by atoms with Crippen molar-refractivity contribution < 1.29 is 14.3 Å². The van der Waals surface area contributed by atoms with E-state index in [9.17, 15) is 4.79 Å². The fraction of sp³-hybridized carbons (Fsp3) is 0.400. The summed E-state index contributed by atoms with van der Waals surface area (Å²) in [6.07, 6.45) is 2.65. The number of esters is 1. The van der Waals surface area contributed by atoms with Gasteiger partial charge in [-0.3, -0.25) is 19.7 Å². The van der Waals surface area contributed by atoms with E-state index in [-0.39, 0.29) is 18.2 Å². The van der Waals surface area contributed by atoms with Gasteiger partial charge in [-0.2, -0.15) is 10.2 Å². The first-order chi connectivity index (χ1) is 17.8. The van der Waals surface area contributed by atoms with Crippen LogP contribution in [0.3, 0.4) is 0 Å². The number of aryl methyl sites for hydroxylation is 3. The number of hydrogen-bond donors (Lipinski definition) is 3. The molecule has 12 heteroatoms. The van der Waals surface area contributed by atoms with Gasteiger partial charge in [-0.05, 0) is 45.9 Å². The number of aromatic nitrogens is 5. The van der Waals surface area contributed by atoms with Crippen molar-refractivity contribution in [3.8, 4) is 17.1 Å². The van der Waals surface area contributed by atoms with Crippen molar-refractivity contribution in [1.29, 1.82) is 0 Å². The van der Waals surface area contributed by atoms with Gasteiger partial charge in [0.1, 0.15) is 17.7 Å². The lowest BCUT2D eigenvalue weighted by Gasteiger charge is -2.28. The number of para-hydroxylation sites is 1. The lowest BCUT2D eigenvalue weighted by molar-refractivity contribution is -0.137. The molecule has 2 unspecified atom stereocenters. The van der Waals surface area contributed by atoms with E-state index in [1.807, 2.05) is 42.8 Å². The van der Waals surface area contributed by atoms with E-state index in [2.05, 4.69) is 43.0 Å². The largest absolute Gasteiger partial charge is 0.494 e. The van der Waals surface area contributed by atoms with Crippen molar-refractivity contribution >= 4 is 17.9 Å². The summed E-state index contributed by atoms with van der Waals surface area (Å²) in [6.45, 7) is 8.73. The molecule has 2 atom stereocenters. The molecular formula is C25H33N9O3. The molecule has 0 spiro atoms. The van der Waals surface area contributed by atoms with Crippen molar-refractivity contribution in [2.45, 2.75) is 46.6 Å². The third-order valence-corrected chi connectivity index (χ3v) is 5.71. The number of rotatable bonds is 10. The second kappa shape index (κ2) is 11.2. The van der Waals surface area contributed by atoms with Gasteiger partial charge in [0.25, 0.3) is 0 Å². The smallest absolute Gasteiger partial charge is 0.343 e. The van der Waals surface area contributed by atoms with E-state index in [0.29, 0.717) is 35.2 Å². The number of ether oxygens (including phenoxy) is 2. The normalized spacial score (nSPS) is 15.9. The minimum absolute atomic E-state index is 0.0335. The average Bonchev–Trinajstić information content (AvgIpc) is 3.43. The number of nitrogens with zero attached hydrogens (tertiary/aromatic N) is 6. The maximum atomic E-state index is 12.7.